The van der Waals surface area contributed by atoms with Crippen LogP contribution < -0.4 is 5.32 Å². The van der Waals surface area contributed by atoms with Crippen molar-refractivity contribution < 1.29 is 18.7 Å². The van der Waals surface area contributed by atoms with E-state index in [0.29, 0.717) is 19.8 Å². The summed E-state index contributed by atoms with van der Waals surface area (Å²) in [4.78, 5) is 14.1. The molecule has 0 radical (unpaired) electrons. The van der Waals surface area contributed by atoms with Gasteiger partial charge in [-0.25, -0.2) is 4.79 Å². The Hall–Kier alpha value is -1.53. The van der Waals surface area contributed by atoms with Crippen molar-refractivity contribution in [3.05, 3.63) is 24.2 Å². The van der Waals surface area contributed by atoms with Gasteiger partial charge in [-0.3, -0.25) is 0 Å². The minimum atomic E-state index is -0.580. The van der Waals surface area contributed by atoms with Gasteiger partial charge in [-0.1, -0.05) is 0 Å². The van der Waals surface area contributed by atoms with E-state index >= 15 is 0 Å². The van der Waals surface area contributed by atoms with Crippen LogP contribution in [0.1, 0.15) is 31.6 Å². The van der Waals surface area contributed by atoms with Crippen molar-refractivity contribution in [2.45, 2.75) is 31.6 Å². The lowest BCUT2D eigenvalue weighted by Gasteiger charge is -2.38. The Morgan fingerprint density at radius 2 is 2.25 bits per heavy atom. The standard InChI is InChI=1S/C14H20N2O4/c1-11(12-4-2-7-18-12)15-13(17)16-6-3-5-14(10-16)19-8-9-20-14/h2,4,7,11H,3,5-6,8-10H2,1H3,(H,15,17). The predicted molar refractivity (Wildman–Crippen MR) is 71.1 cm³/mol. The number of carbonyl (C=O) groups excluding carboxylic acids is 1. The molecule has 1 unspecified atom stereocenters. The van der Waals surface area contributed by atoms with Crippen molar-refractivity contribution in [2.75, 3.05) is 26.3 Å². The van der Waals surface area contributed by atoms with Crippen LogP contribution in [-0.2, 0) is 9.47 Å². The maximum Gasteiger partial charge on any atom is 0.318 e. The first-order valence-electron chi connectivity index (χ1n) is 7.05. The second-order valence-corrected chi connectivity index (χ2v) is 5.32. The molecule has 2 amide bonds. The number of nitrogens with zero attached hydrogens (tertiary/aromatic N) is 1. The van der Waals surface area contributed by atoms with E-state index in [1.54, 1.807) is 11.2 Å². The zero-order chi connectivity index (χ0) is 14.0. The molecular weight excluding hydrogens is 260 g/mol. The summed E-state index contributed by atoms with van der Waals surface area (Å²) >= 11 is 0. The molecule has 3 rings (SSSR count). The molecule has 2 saturated heterocycles. The number of furan rings is 1. The molecule has 3 heterocycles. The molecule has 0 aromatic carbocycles. The summed E-state index contributed by atoms with van der Waals surface area (Å²) in [6, 6.07) is 3.41. The second kappa shape index (κ2) is 5.46. The summed E-state index contributed by atoms with van der Waals surface area (Å²) in [5.41, 5.74) is 0. The summed E-state index contributed by atoms with van der Waals surface area (Å²) in [7, 11) is 0. The highest BCUT2D eigenvalue weighted by molar-refractivity contribution is 5.74. The largest absolute Gasteiger partial charge is 0.467 e. The Bertz CT molecular complexity index is 454. The van der Waals surface area contributed by atoms with Gasteiger partial charge in [0.05, 0.1) is 32.1 Å². The van der Waals surface area contributed by atoms with Crippen molar-refractivity contribution in [1.82, 2.24) is 10.2 Å². The molecule has 0 aliphatic carbocycles. The van der Waals surface area contributed by atoms with E-state index in [1.165, 1.54) is 0 Å². The fourth-order valence-corrected chi connectivity index (χ4v) is 2.78. The molecule has 20 heavy (non-hydrogen) atoms. The average molecular weight is 280 g/mol. The molecule has 6 nitrogen and oxygen atoms in total. The smallest absolute Gasteiger partial charge is 0.318 e. The quantitative estimate of drug-likeness (QED) is 0.898. The fraction of sp³-hybridized carbons (Fsp3) is 0.643. The van der Waals surface area contributed by atoms with Crippen LogP contribution in [0.5, 0.6) is 0 Å². The molecule has 0 saturated carbocycles. The van der Waals surface area contributed by atoms with E-state index in [0.717, 1.165) is 25.1 Å². The Morgan fingerprint density at radius 1 is 1.45 bits per heavy atom. The Kier molecular flexibility index (Phi) is 3.67. The SMILES string of the molecule is CC(NC(=O)N1CCCC2(C1)OCCO2)c1ccco1. The molecule has 2 aliphatic rings. The number of nitrogens with one attached hydrogen (secondary N) is 1. The van der Waals surface area contributed by atoms with Gasteiger partial charge < -0.3 is 24.1 Å². The van der Waals surface area contributed by atoms with Crippen molar-refractivity contribution in [3.63, 3.8) is 0 Å². The van der Waals surface area contributed by atoms with Crippen LogP contribution in [0.3, 0.4) is 0 Å². The highest BCUT2D eigenvalue weighted by atomic mass is 16.7. The second-order valence-electron chi connectivity index (χ2n) is 5.32. The first-order chi connectivity index (χ1) is 9.69. The number of hydrogen-bond acceptors (Lipinski definition) is 4. The van der Waals surface area contributed by atoms with Gasteiger partial charge >= 0.3 is 6.03 Å². The lowest BCUT2D eigenvalue weighted by atomic mass is 10.1. The van der Waals surface area contributed by atoms with Crippen LogP contribution in [-0.4, -0.2) is 43.0 Å². The van der Waals surface area contributed by atoms with E-state index in [-0.39, 0.29) is 12.1 Å². The summed E-state index contributed by atoms with van der Waals surface area (Å²) in [5.74, 6) is 0.169. The number of hydrogen-bond donors (Lipinski definition) is 1. The summed E-state index contributed by atoms with van der Waals surface area (Å²) < 4.78 is 16.6. The van der Waals surface area contributed by atoms with Gasteiger partial charge in [0.2, 0.25) is 0 Å². The number of rotatable bonds is 2. The zero-order valence-corrected chi connectivity index (χ0v) is 11.6. The van der Waals surface area contributed by atoms with Gasteiger partial charge in [-0.2, -0.15) is 0 Å². The van der Waals surface area contributed by atoms with Crippen LogP contribution in [0.15, 0.2) is 22.8 Å². The molecule has 1 spiro atoms. The van der Waals surface area contributed by atoms with Crippen molar-refractivity contribution >= 4 is 6.03 Å². The first kappa shape index (κ1) is 13.5. The summed E-state index contributed by atoms with van der Waals surface area (Å²) in [6.45, 7) is 4.34. The maximum atomic E-state index is 12.3. The molecular formula is C14H20N2O4. The fourth-order valence-electron chi connectivity index (χ4n) is 2.78. The van der Waals surface area contributed by atoms with Gasteiger partial charge in [0, 0.05) is 13.0 Å². The van der Waals surface area contributed by atoms with Crippen LogP contribution in [0.4, 0.5) is 4.79 Å². The molecule has 2 fully saturated rings. The van der Waals surface area contributed by atoms with Crippen LogP contribution in [0.25, 0.3) is 0 Å². The minimum absolute atomic E-state index is 0.105. The molecule has 1 aromatic rings. The predicted octanol–water partition coefficient (Wildman–Crippen LogP) is 1.89. The summed E-state index contributed by atoms with van der Waals surface area (Å²) in [6.07, 6.45) is 3.35. The average Bonchev–Trinajstić information content (AvgIpc) is 3.11. The number of urea groups is 1. The molecule has 1 aromatic heterocycles. The van der Waals surface area contributed by atoms with Gasteiger partial charge in [0.1, 0.15) is 5.76 Å². The summed E-state index contributed by atoms with van der Waals surface area (Å²) in [5, 5.41) is 2.94. The third kappa shape index (κ3) is 2.66. The molecule has 6 heteroatoms. The first-order valence-corrected chi connectivity index (χ1v) is 7.05. The topological polar surface area (TPSA) is 63.9 Å². The maximum absolute atomic E-state index is 12.3. The van der Waals surface area contributed by atoms with Gasteiger partial charge in [0.25, 0.3) is 0 Å². The lowest BCUT2D eigenvalue weighted by molar-refractivity contribution is -0.182. The Labute approximate surface area is 118 Å². The van der Waals surface area contributed by atoms with E-state index in [4.69, 9.17) is 13.9 Å². The number of ether oxygens (including phenoxy) is 2. The van der Waals surface area contributed by atoms with E-state index in [9.17, 15) is 4.79 Å². The molecule has 1 atom stereocenters. The lowest BCUT2D eigenvalue weighted by Crippen LogP contribution is -2.53. The third-order valence-electron chi connectivity index (χ3n) is 3.83. The van der Waals surface area contributed by atoms with Gasteiger partial charge in [-0.15, -0.1) is 0 Å². The Balaban J connectivity index is 1.59. The normalized spacial score (nSPS) is 22.9. The molecule has 0 bridgehead atoms. The zero-order valence-electron chi connectivity index (χ0n) is 11.6. The molecule has 110 valence electrons. The number of amides is 2. The van der Waals surface area contributed by atoms with Crippen LogP contribution in [0, 0.1) is 0 Å². The minimum Gasteiger partial charge on any atom is -0.467 e. The van der Waals surface area contributed by atoms with Gasteiger partial charge in [-0.05, 0) is 25.5 Å². The third-order valence-corrected chi connectivity index (χ3v) is 3.83. The van der Waals surface area contributed by atoms with Crippen LogP contribution >= 0.6 is 0 Å². The molecule has 2 aliphatic heterocycles. The van der Waals surface area contributed by atoms with E-state index < -0.39 is 5.79 Å². The Morgan fingerprint density at radius 3 is 2.95 bits per heavy atom. The van der Waals surface area contributed by atoms with Crippen molar-refractivity contribution in [1.29, 1.82) is 0 Å². The van der Waals surface area contributed by atoms with Crippen molar-refractivity contribution in [3.8, 4) is 0 Å². The highest BCUT2D eigenvalue weighted by Gasteiger charge is 2.42. The molecule has 1 N–H and O–H groups in total. The van der Waals surface area contributed by atoms with Gasteiger partial charge in [0.15, 0.2) is 5.79 Å². The van der Waals surface area contributed by atoms with E-state index in [1.807, 2.05) is 19.1 Å². The highest BCUT2D eigenvalue weighted by Crippen LogP contribution is 2.30. The number of likely N-dealkylation sites (tertiary alicyclic amines) is 1. The number of piperidine rings is 1. The van der Waals surface area contributed by atoms with Crippen molar-refractivity contribution in [2.24, 2.45) is 0 Å². The number of carbonyl (C=O) groups is 1. The van der Waals surface area contributed by atoms with Crippen LogP contribution in [0.2, 0.25) is 0 Å². The monoisotopic (exact) mass is 280 g/mol. The van der Waals surface area contributed by atoms with E-state index in [2.05, 4.69) is 5.32 Å².